The standard InChI is InChI=1S/C23H25NO4/c1-5-6-15-11-18(16-7-9-17(25)10-8-16)21(19(24)12-15)20-13(2)22(23(26)27-4)28-14(20)3/h7-12,25H,5-6,24H2,1-4H3. The Bertz CT molecular complexity index is 1020. The van der Waals surface area contributed by atoms with Crippen LogP contribution in [0.5, 0.6) is 5.75 Å². The molecule has 146 valence electrons. The van der Waals surface area contributed by atoms with Crippen molar-refractivity contribution >= 4 is 11.7 Å². The Labute approximate surface area is 164 Å². The van der Waals surface area contributed by atoms with E-state index in [9.17, 15) is 9.90 Å². The van der Waals surface area contributed by atoms with Crippen LogP contribution in [0.25, 0.3) is 22.3 Å². The second-order valence-corrected chi connectivity index (χ2v) is 6.88. The van der Waals surface area contributed by atoms with Crippen molar-refractivity contribution in [2.24, 2.45) is 0 Å². The predicted octanol–water partition coefficient (Wildman–Crippen LogP) is 5.26. The average molecular weight is 379 g/mol. The Morgan fingerprint density at radius 3 is 2.43 bits per heavy atom. The molecule has 3 aromatic rings. The molecule has 3 N–H and O–H groups in total. The number of carbonyl (C=O) groups is 1. The summed E-state index contributed by atoms with van der Waals surface area (Å²) in [5, 5.41) is 9.67. The number of phenols is 1. The average Bonchev–Trinajstić information content (AvgIpc) is 2.96. The van der Waals surface area contributed by atoms with Crippen molar-refractivity contribution in [1.29, 1.82) is 0 Å². The number of furan rings is 1. The van der Waals surface area contributed by atoms with E-state index in [0.717, 1.165) is 40.7 Å². The number of nitrogens with two attached hydrogens (primary N) is 1. The number of methoxy groups -OCH3 is 1. The van der Waals surface area contributed by atoms with E-state index >= 15 is 0 Å². The Hall–Kier alpha value is -3.21. The largest absolute Gasteiger partial charge is 0.508 e. The second kappa shape index (κ2) is 7.80. The van der Waals surface area contributed by atoms with Gasteiger partial charge in [0, 0.05) is 22.4 Å². The van der Waals surface area contributed by atoms with Gasteiger partial charge in [-0.25, -0.2) is 4.79 Å². The minimum absolute atomic E-state index is 0.184. The number of aryl methyl sites for hydroxylation is 2. The smallest absolute Gasteiger partial charge is 0.374 e. The van der Waals surface area contributed by atoms with Crippen molar-refractivity contribution in [2.75, 3.05) is 12.8 Å². The van der Waals surface area contributed by atoms with Crippen molar-refractivity contribution < 1.29 is 19.1 Å². The minimum Gasteiger partial charge on any atom is -0.508 e. The molecule has 0 bridgehead atoms. The molecule has 1 aromatic heterocycles. The van der Waals surface area contributed by atoms with Gasteiger partial charge in [0.1, 0.15) is 11.5 Å². The van der Waals surface area contributed by atoms with Gasteiger partial charge in [0.25, 0.3) is 0 Å². The van der Waals surface area contributed by atoms with Crippen LogP contribution in [-0.4, -0.2) is 18.2 Å². The molecule has 5 nitrogen and oxygen atoms in total. The highest BCUT2D eigenvalue weighted by Gasteiger charge is 2.25. The van der Waals surface area contributed by atoms with Gasteiger partial charge in [-0.2, -0.15) is 0 Å². The fourth-order valence-electron chi connectivity index (χ4n) is 3.62. The zero-order chi connectivity index (χ0) is 20.4. The zero-order valence-corrected chi connectivity index (χ0v) is 16.6. The summed E-state index contributed by atoms with van der Waals surface area (Å²) in [5.74, 6) is 0.474. The molecule has 28 heavy (non-hydrogen) atoms. The molecule has 0 saturated heterocycles. The summed E-state index contributed by atoms with van der Waals surface area (Å²) >= 11 is 0. The highest BCUT2D eigenvalue weighted by Crippen LogP contribution is 2.43. The van der Waals surface area contributed by atoms with E-state index in [1.54, 1.807) is 12.1 Å². The fraction of sp³-hybridized carbons (Fsp3) is 0.261. The highest BCUT2D eigenvalue weighted by atomic mass is 16.5. The van der Waals surface area contributed by atoms with Gasteiger partial charge >= 0.3 is 5.97 Å². The maximum Gasteiger partial charge on any atom is 0.374 e. The lowest BCUT2D eigenvalue weighted by Gasteiger charge is -2.16. The maximum atomic E-state index is 12.1. The summed E-state index contributed by atoms with van der Waals surface area (Å²) in [5.41, 5.74) is 12.4. The van der Waals surface area contributed by atoms with Crippen LogP contribution < -0.4 is 5.73 Å². The molecular formula is C23H25NO4. The van der Waals surface area contributed by atoms with Crippen LogP contribution in [0, 0.1) is 13.8 Å². The number of ether oxygens (including phenoxy) is 1. The van der Waals surface area contributed by atoms with Gasteiger partial charge in [0.2, 0.25) is 5.76 Å². The lowest BCUT2D eigenvalue weighted by molar-refractivity contribution is 0.0562. The molecule has 3 rings (SSSR count). The molecule has 2 aromatic carbocycles. The van der Waals surface area contributed by atoms with E-state index in [1.807, 2.05) is 32.0 Å². The Balaban J connectivity index is 2.30. The van der Waals surface area contributed by atoms with Gasteiger partial charge < -0.3 is 20.0 Å². The SMILES string of the molecule is CCCc1cc(N)c(-c2c(C)oc(C(=O)OC)c2C)c(-c2ccc(O)cc2)c1. The van der Waals surface area contributed by atoms with E-state index < -0.39 is 5.97 Å². The van der Waals surface area contributed by atoms with E-state index in [2.05, 4.69) is 13.0 Å². The minimum atomic E-state index is -0.515. The molecule has 0 radical (unpaired) electrons. The summed E-state index contributed by atoms with van der Waals surface area (Å²) in [4.78, 5) is 12.1. The number of hydrogen-bond acceptors (Lipinski definition) is 5. The summed E-state index contributed by atoms with van der Waals surface area (Å²) in [6, 6.07) is 11.1. The van der Waals surface area contributed by atoms with Crippen LogP contribution in [-0.2, 0) is 11.2 Å². The molecule has 0 atom stereocenters. The van der Waals surface area contributed by atoms with Crippen LogP contribution >= 0.6 is 0 Å². The van der Waals surface area contributed by atoms with Gasteiger partial charge in [-0.05, 0) is 55.2 Å². The van der Waals surface area contributed by atoms with Crippen LogP contribution in [0.1, 0.15) is 40.8 Å². The Kier molecular flexibility index (Phi) is 5.45. The van der Waals surface area contributed by atoms with E-state index in [1.165, 1.54) is 7.11 Å². The molecule has 0 unspecified atom stereocenters. The first kappa shape index (κ1) is 19.5. The summed E-state index contributed by atoms with van der Waals surface area (Å²) in [6.45, 7) is 5.77. The molecule has 0 fully saturated rings. The van der Waals surface area contributed by atoms with Crippen molar-refractivity contribution in [3.05, 3.63) is 59.0 Å². The Morgan fingerprint density at radius 1 is 1.14 bits per heavy atom. The summed E-state index contributed by atoms with van der Waals surface area (Å²) in [7, 11) is 1.33. The van der Waals surface area contributed by atoms with Gasteiger partial charge in [0.15, 0.2) is 0 Å². The molecule has 0 aliphatic heterocycles. The third-order valence-corrected chi connectivity index (χ3v) is 4.89. The van der Waals surface area contributed by atoms with Crippen molar-refractivity contribution in [2.45, 2.75) is 33.6 Å². The number of aromatic hydroxyl groups is 1. The number of carbonyl (C=O) groups excluding carboxylic acids is 1. The van der Waals surface area contributed by atoms with Gasteiger partial charge in [-0.1, -0.05) is 31.5 Å². The Morgan fingerprint density at radius 2 is 1.82 bits per heavy atom. The van der Waals surface area contributed by atoms with E-state index in [4.69, 9.17) is 14.9 Å². The van der Waals surface area contributed by atoms with E-state index in [-0.39, 0.29) is 11.5 Å². The van der Waals surface area contributed by atoms with Crippen LogP contribution in [0.3, 0.4) is 0 Å². The van der Waals surface area contributed by atoms with Crippen molar-refractivity contribution in [3.8, 4) is 28.0 Å². The fourth-order valence-corrected chi connectivity index (χ4v) is 3.62. The quantitative estimate of drug-likeness (QED) is 0.467. The molecule has 1 heterocycles. The monoisotopic (exact) mass is 379 g/mol. The lowest BCUT2D eigenvalue weighted by Crippen LogP contribution is -2.02. The number of hydrogen-bond donors (Lipinski definition) is 2. The zero-order valence-electron chi connectivity index (χ0n) is 16.6. The topological polar surface area (TPSA) is 85.7 Å². The third kappa shape index (κ3) is 3.48. The lowest BCUT2D eigenvalue weighted by atomic mass is 9.88. The summed E-state index contributed by atoms with van der Waals surface area (Å²) < 4.78 is 10.6. The molecule has 0 saturated carbocycles. The van der Waals surface area contributed by atoms with Gasteiger partial charge in [-0.15, -0.1) is 0 Å². The second-order valence-electron chi connectivity index (χ2n) is 6.88. The van der Waals surface area contributed by atoms with Gasteiger partial charge in [0.05, 0.1) is 7.11 Å². The molecule has 0 aliphatic carbocycles. The highest BCUT2D eigenvalue weighted by molar-refractivity contribution is 5.97. The van der Waals surface area contributed by atoms with Crippen LogP contribution in [0.15, 0.2) is 40.8 Å². The summed E-state index contributed by atoms with van der Waals surface area (Å²) in [6.07, 6.45) is 1.91. The number of phenolic OH excluding ortho intramolecular Hbond substituents is 1. The predicted molar refractivity (Wildman–Crippen MR) is 110 cm³/mol. The molecule has 0 spiro atoms. The first-order valence-corrected chi connectivity index (χ1v) is 9.27. The van der Waals surface area contributed by atoms with Crippen LogP contribution in [0.2, 0.25) is 0 Å². The number of esters is 1. The third-order valence-electron chi connectivity index (χ3n) is 4.89. The number of anilines is 1. The number of benzene rings is 2. The van der Waals surface area contributed by atoms with E-state index in [0.29, 0.717) is 17.0 Å². The number of nitrogen functional groups attached to an aromatic ring is 1. The normalized spacial score (nSPS) is 10.9. The molecule has 0 aliphatic rings. The maximum absolute atomic E-state index is 12.1. The van der Waals surface area contributed by atoms with Crippen LogP contribution in [0.4, 0.5) is 5.69 Å². The van der Waals surface area contributed by atoms with Crippen molar-refractivity contribution in [1.82, 2.24) is 0 Å². The first-order chi connectivity index (χ1) is 13.4. The molecule has 0 amide bonds. The number of rotatable bonds is 5. The first-order valence-electron chi connectivity index (χ1n) is 9.27. The van der Waals surface area contributed by atoms with Gasteiger partial charge in [-0.3, -0.25) is 0 Å². The molecule has 5 heteroatoms. The van der Waals surface area contributed by atoms with Crippen molar-refractivity contribution in [3.63, 3.8) is 0 Å². The molecular weight excluding hydrogens is 354 g/mol.